The van der Waals surface area contributed by atoms with Crippen LogP contribution in [-0.4, -0.2) is 111 Å². The second-order valence-corrected chi connectivity index (χ2v) is 32.2. The lowest BCUT2D eigenvalue weighted by Gasteiger charge is -2.17. The molecule has 0 atom stereocenters. The number of aromatic amines is 1. The lowest BCUT2D eigenvalue weighted by Crippen LogP contribution is -2.15. The Morgan fingerprint density at radius 1 is 0.447 bits per heavy atom. The number of fused-ring (bicyclic) bond motifs is 5. The summed E-state index contributed by atoms with van der Waals surface area (Å²) >= 11 is 1.50. The molecule has 35 nitrogen and oxygen atoms in total. The first-order valence-corrected chi connectivity index (χ1v) is 43.3. The number of nitrogens with one attached hydrogen (secondary N) is 3. The van der Waals surface area contributed by atoms with Crippen LogP contribution in [0.25, 0.3) is 72.2 Å². The molecule has 2 fully saturated rings. The molecule has 12 heterocycles. The second-order valence-electron chi connectivity index (χ2n) is 31.2. The van der Waals surface area contributed by atoms with Gasteiger partial charge < -0.3 is 68.6 Å². The van der Waals surface area contributed by atoms with Gasteiger partial charge in [0, 0.05) is 36.9 Å². The summed E-state index contributed by atoms with van der Waals surface area (Å²) in [7, 11) is 1.96. The van der Waals surface area contributed by atoms with Crippen molar-refractivity contribution < 1.29 is 18.6 Å². The van der Waals surface area contributed by atoms with Crippen molar-refractivity contribution in [2.45, 2.75) is 94.1 Å². The number of hydrogen-bond acceptors (Lipinski definition) is 30. The number of rotatable bonds is 19. The highest BCUT2D eigenvalue weighted by Gasteiger charge is 2.30. The van der Waals surface area contributed by atoms with Crippen molar-refractivity contribution in [1.29, 1.82) is 0 Å². The zero-order valence-corrected chi connectivity index (χ0v) is 72.9. The first-order valence-electron chi connectivity index (χ1n) is 42.5. The molecule has 0 saturated heterocycles. The molecular formula is C96H90N30O5S. The fraction of sp³-hybridized carbons (Fsp3) is 0.146. The SMILES string of the molecule is Cc1ccc(Oc2nn(C3CCCC3)c3nc(=O)[nH]c(N)c23)cc1.Cc1cccc(N(C)c2nn(-c3ccncc3)c3ncnc(N)c23)c1.Cc1cccc(Nc2nn(-c3ccccc3)c3ncnc(N)c23)c1.Nc1nc(N)c2c(Sc3ccccc3Oc3ccccc3)nn(C3CCCC3)c2n1.Nc1ncnc2c1c(Nc1ccccc1Oc1ccccc1)nn2-c1ccoc1. The number of para-hydroxylation sites is 6. The van der Waals surface area contributed by atoms with Crippen molar-refractivity contribution >= 4 is 136 Å². The molecule has 22 rings (SSSR count). The third-order valence-corrected chi connectivity index (χ3v) is 23.0. The van der Waals surface area contributed by atoms with E-state index >= 15 is 0 Å². The van der Waals surface area contributed by atoms with E-state index in [1.807, 2.05) is 243 Å². The number of furan rings is 1. The maximum Gasteiger partial charge on any atom is 0.348 e. The number of H-pyrrole nitrogens is 1. The van der Waals surface area contributed by atoms with Gasteiger partial charge in [-0.15, -0.1) is 20.4 Å². The summed E-state index contributed by atoms with van der Waals surface area (Å²) in [4.78, 5) is 59.5. The molecule has 0 radical (unpaired) electrons. The number of anilines is 12. The van der Waals surface area contributed by atoms with E-state index < -0.39 is 5.69 Å². The van der Waals surface area contributed by atoms with E-state index in [-0.39, 0.29) is 17.8 Å². The van der Waals surface area contributed by atoms with Crippen LogP contribution in [-0.2, 0) is 0 Å². The number of nitrogens with two attached hydrogens (primary N) is 6. The molecule has 15 N–H and O–H groups in total. The first-order chi connectivity index (χ1) is 64.5. The van der Waals surface area contributed by atoms with Gasteiger partial charge >= 0.3 is 5.69 Å². The highest BCUT2D eigenvalue weighted by atomic mass is 32.2. The second kappa shape index (κ2) is 38.5. The molecule has 0 bridgehead atoms. The third kappa shape index (κ3) is 18.8. The Kier molecular flexibility index (Phi) is 24.9. The standard InChI is InChI=1S/C22H22N6OS.C21H16N6O2.C18H17N7.C18H16N6.C17H19N5O2/c23-19-18-20(26-22(24)25-19)28(14-8-4-5-9-14)27-21(18)30-17-13-7-6-12-16(17)29-15-10-2-1-3-11-15;22-19-18-20(26-27(14-10-11-28-12-14)21(18)24-13-23-19)25-16-8-4-5-9-17(16)29-15-6-2-1-3-7-15;1-12-4-3-5-14(10-12)24(2)18-15-16(19)21-11-22-17(15)25(23-18)13-6-8-20-9-7-13;1-12-6-5-7-13(10-12)22-17-15-16(19)20-11-21-18(15)24(23-17)14-8-3-2-4-9-14;1-10-6-8-12(9-7-10)24-16-13-14(18)19-17(23)20-15(13)22(21-16)11-4-2-3-5-11/h1-3,6-7,10-14H,4-5,8-9H2,(H4,23,24,25,26);1-13H,(H,25,26)(H2,22,23,24);3-11H,1-2H3,(H2,19,21,22);2-11H,1H3,(H,22,23)(H2,19,20,21);6-9,11H,2-5H2,1H3,(H3,18,19,20,23). The number of ether oxygens (including phenoxy) is 3. The molecule has 660 valence electrons. The van der Waals surface area contributed by atoms with Gasteiger partial charge in [-0.2, -0.15) is 20.1 Å². The van der Waals surface area contributed by atoms with Gasteiger partial charge in [0.15, 0.2) is 51.4 Å². The van der Waals surface area contributed by atoms with Crippen molar-refractivity contribution in [3.05, 3.63) is 302 Å². The molecule has 12 aromatic heterocycles. The molecule has 2 saturated carbocycles. The van der Waals surface area contributed by atoms with Gasteiger partial charge in [0.25, 0.3) is 5.88 Å². The summed E-state index contributed by atoms with van der Waals surface area (Å²) in [6, 6.07) is 74.7. The Balaban J connectivity index is 0.000000111. The van der Waals surface area contributed by atoms with E-state index in [1.54, 1.807) is 49.7 Å². The van der Waals surface area contributed by atoms with Gasteiger partial charge in [0.2, 0.25) is 5.95 Å². The van der Waals surface area contributed by atoms with Gasteiger partial charge in [-0.3, -0.25) is 9.97 Å². The largest absolute Gasteiger partial charge is 0.470 e. The molecule has 0 unspecified atom stereocenters. The number of hydrogen-bond donors (Lipinski definition) is 9. The summed E-state index contributed by atoms with van der Waals surface area (Å²) in [5, 5.41) is 34.3. The van der Waals surface area contributed by atoms with Gasteiger partial charge in [-0.25, -0.2) is 58.1 Å². The highest BCUT2D eigenvalue weighted by molar-refractivity contribution is 7.99. The third-order valence-electron chi connectivity index (χ3n) is 22.0. The van der Waals surface area contributed by atoms with E-state index in [0.717, 1.165) is 122 Å². The van der Waals surface area contributed by atoms with Gasteiger partial charge in [0.05, 0.1) is 45.7 Å². The van der Waals surface area contributed by atoms with Crippen LogP contribution in [0.2, 0.25) is 0 Å². The molecule has 36 heteroatoms. The molecule has 0 spiro atoms. The number of benzene rings is 8. The molecule has 8 aromatic carbocycles. The minimum absolute atomic E-state index is 0.170. The van der Waals surface area contributed by atoms with Gasteiger partial charge in [-0.05, 0) is 167 Å². The topological polar surface area (TPSA) is 475 Å². The molecule has 2 aliphatic carbocycles. The zero-order chi connectivity index (χ0) is 90.7. The smallest absolute Gasteiger partial charge is 0.348 e. The molecule has 0 aliphatic heterocycles. The fourth-order valence-corrected chi connectivity index (χ4v) is 16.6. The van der Waals surface area contributed by atoms with E-state index in [4.69, 9.17) is 63.2 Å². The van der Waals surface area contributed by atoms with Crippen LogP contribution < -0.4 is 69.8 Å². The van der Waals surface area contributed by atoms with Crippen LogP contribution in [0.15, 0.2) is 294 Å². The number of aryl methyl sites for hydroxylation is 3. The number of nitrogen functional groups attached to an aromatic ring is 6. The van der Waals surface area contributed by atoms with Gasteiger partial charge in [-0.1, -0.05) is 158 Å². The van der Waals surface area contributed by atoms with E-state index in [0.29, 0.717) is 109 Å². The lowest BCUT2D eigenvalue weighted by molar-refractivity contribution is 0.422. The van der Waals surface area contributed by atoms with Crippen molar-refractivity contribution in [3.8, 4) is 51.7 Å². The molecule has 2 aliphatic rings. The molecule has 0 amide bonds. The van der Waals surface area contributed by atoms with Crippen molar-refractivity contribution in [2.75, 3.05) is 57.0 Å². The predicted octanol–water partition coefficient (Wildman–Crippen LogP) is 18.8. The van der Waals surface area contributed by atoms with Crippen molar-refractivity contribution in [2.24, 2.45) is 0 Å². The molecule has 132 heavy (non-hydrogen) atoms. The van der Waals surface area contributed by atoms with Crippen LogP contribution in [0, 0.1) is 20.8 Å². The van der Waals surface area contributed by atoms with Gasteiger partial charge in [0.1, 0.15) is 110 Å². The number of nitrogens with zero attached hydrogens (tertiary/aromatic N) is 21. The summed E-state index contributed by atoms with van der Waals surface area (Å²) in [5.74, 6) is 7.72. The van der Waals surface area contributed by atoms with Crippen LogP contribution >= 0.6 is 11.8 Å². The van der Waals surface area contributed by atoms with Crippen molar-refractivity contribution in [1.82, 2.24) is 104 Å². The summed E-state index contributed by atoms with van der Waals surface area (Å²) < 4.78 is 32.2. The number of pyridine rings is 1. The minimum atomic E-state index is -0.471. The van der Waals surface area contributed by atoms with Crippen LogP contribution in [0.3, 0.4) is 0 Å². The summed E-state index contributed by atoms with van der Waals surface area (Å²) in [6.07, 6.45) is 19.8. The maximum atomic E-state index is 11.7. The monoisotopic (exact) mass is 1770 g/mol. The average molecular weight is 1780 g/mol. The summed E-state index contributed by atoms with van der Waals surface area (Å²) in [5.41, 5.74) is 47.9. The van der Waals surface area contributed by atoms with Crippen LogP contribution in [0.5, 0.6) is 34.6 Å². The molecular weight excluding hydrogens is 1690 g/mol. The number of aromatic nitrogens is 21. The Morgan fingerprint density at radius 3 is 1.61 bits per heavy atom. The molecule has 20 aromatic rings. The Morgan fingerprint density at radius 2 is 0.977 bits per heavy atom. The van der Waals surface area contributed by atoms with Crippen LogP contribution in [0.1, 0.15) is 80.1 Å². The Bertz CT molecular complexity index is 7490. The summed E-state index contributed by atoms with van der Waals surface area (Å²) in [6.45, 7) is 6.12. The van der Waals surface area contributed by atoms with E-state index in [2.05, 4.69) is 99.8 Å². The quantitative estimate of drug-likeness (QED) is 0.0363. The predicted molar refractivity (Wildman–Crippen MR) is 513 cm³/mol. The van der Waals surface area contributed by atoms with Crippen molar-refractivity contribution in [3.63, 3.8) is 0 Å². The Labute approximate surface area is 759 Å². The van der Waals surface area contributed by atoms with E-state index in [9.17, 15) is 4.79 Å². The maximum absolute atomic E-state index is 11.7. The Hall–Kier alpha value is -17.3. The normalized spacial score (nSPS) is 12.5. The zero-order valence-electron chi connectivity index (χ0n) is 72.1. The van der Waals surface area contributed by atoms with E-state index in [1.165, 1.54) is 49.1 Å². The highest BCUT2D eigenvalue weighted by Crippen LogP contribution is 2.45. The lowest BCUT2D eigenvalue weighted by atomic mass is 10.2. The first kappa shape index (κ1) is 85.5. The fourth-order valence-electron chi connectivity index (χ4n) is 15.6. The van der Waals surface area contributed by atoms with Crippen LogP contribution in [0.4, 0.5) is 69.6 Å². The minimum Gasteiger partial charge on any atom is -0.470 e. The average Bonchev–Trinajstić information content (AvgIpc) is 1.62.